The van der Waals surface area contributed by atoms with Crippen molar-refractivity contribution in [2.24, 2.45) is 0 Å². The Bertz CT molecular complexity index is 1490. The van der Waals surface area contributed by atoms with Crippen molar-refractivity contribution >= 4 is 50.7 Å². The lowest BCUT2D eigenvalue weighted by Crippen LogP contribution is -2.36. The molecule has 0 amide bonds. The number of ether oxygens (including phenoxy) is 1. The third kappa shape index (κ3) is 8.02. The third-order valence-corrected chi connectivity index (χ3v) is 6.24. The van der Waals surface area contributed by atoms with E-state index >= 15 is 0 Å². The number of alkyl halides is 6. The number of nitrogens with one attached hydrogen (secondary N) is 2. The number of hydroxylamine groups is 1. The van der Waals surface area contributed by atoms with Gasteiger partial charge >= 0.3 is 18.3 Å². The van der Waals surface area contributed by atoms with E-state index in [0.29, 0.717) is 18.1 Å². The summed E-state index contributed by atoms with van der Waals surface area (Å²) in [5.41, 5.74) is -0.617. The average molecular weight is 619 g/mol. The topological polar surface area (TPSA) is 136 Å². The molecular weight excluding hydrogens is 605 g/mol. The Morgan fingerprint density at radius 2 is 1.65 bits per heavy atom. The summed E-state index contributed by atoms with van der Waals surface area (Å²) in [7, 11) is -4.95. The lowest BCUT2D eigenvalue weighted by molar-refractivity contribution is -0.219. The van der Waals surface area contributed by atoms with Crippen molar-refractivity contribution in [1.82, 2.24) is 19.4 Å². The first-order chi connectivity index (χ1) is 18.5. The maximum absolute atomic E-state index is 14.7. The molecule has 0 atom stereocenters. The molecule has 0 aliphatic heterocycles. The second-order valence-electron chi connectivity index (χ2n) is 7.37. The molecular formula is C20H14ClF7N6O5S. The summed E-state index contributed by atoms with van der Waals surface area (Å²) in [5.74, 6) is -5.35. The van der Waals surface area contributed by atoms with Gasteiger partial charge in [-0.1, -0.05) is 11.6 Å². The number of hydrogen-bond acceptors (Lipinski definition) is 10. The van der Waals surface area contributed by atoms with Crippen LogP contribution in [0.4, 0.5) is 53.9 Å². The Morgan fingerprint density at radius 3 is 2.23 bits per heavy atom. The van der Waals surface area contributed by atoms with Crippen molar-refractivity contribution in [3.8, 4) is 5.75 Å². The molecule has 20 heteroatoms. The Kier molecular flexibility index (Phi) is 8.90. The highest BCUT2D eigenvalue weighted by Crippen LogP contribution is 2.35. The molecule has 0 radical (unpaired) electrons. The van der Waals surface area contributed by atoms with E-state index in [1.165, 1.54) is 24.4 Å². The van der Waals surface area contributed by atoms with Crippen molar-refractivity contribution in [2.45, 2.75) is 17.2 Å². The maximum Gasteiger partial charge on any atom is 0.492 e. The highest BCUT2D eigenvalue weighted by atomic mass is 35.5. The predicted molar refractivity (Wildman–Crippen MR) is 123 cm³/mol. The van der Waals surface area contributed by atoms with Crippen molar-refractivity contribution in [3.05, 3.63) is 53.7 Å². The minimum Gasteiger partial charge on any atom is -0.482 e. The number of pyridine rings is 1. The summed E-state index contributed by atoms with van der Waals surface area (Å²) in [6.07, 6.45) is -8.17. The quantitative estimate of drug-likeness (QED) is 0.256. The van der Waals surface area contributed by atoms with E-state index in [-0.39, 0.29) is 23.5 Å². The summed E-state index contributed by atoms with van der Waals surface area (Å²) in [4.78, 5) is 25.1. The molecule has 2 heterocycles. The van der Waals surface area contributed by atoms with Gasteiger partial charge in [-0.2, -0.15) is 26.3 Å². The molecule has 0 fully saturated rings. The molecule has 1 aromatic carbocycles. The zero-order chi connectivity index (χ0) is 29.9. The number of sulfonamides is 1. The van der Waals surface area contributed by atoms with Crippen molar-refractivity contribution in [3.63, 3.8) is 0 Å². The van der Waals surface area contributed by atoms with Crippen molar-refractivity contribution in [1.29, 1.82) is 0 Å². The van der Waals surface area contributed by atoms with Gasteiger partial charge in [0.2, 0.25) is 0 Å². The predicted octanol–water partition coefficient (Wildman–Crippen LogP) is 4.73. The van der Waals surface area contributed by atoms with Gasteiger partial charge < -0.3 is 20.2 Å². The molecule has 0 aliphatic rings. The highest BCUT2D eigenvalue weighted by molar-refractivity contribution is 7.89. The van der Waals surface area contributed by atoms with Gasteiger partial charge in [0, 0.05) is 25.4 Å². The molecule has 3 aromatic rings. The summed E-state index contributed by atoms with van der Waals surface area (Å²) in [6.45, 7) is -1.92. The SMILES string of the molecule is CN(OC(=O)C(F)(F)F)S(=O)(=O)c1cc(Nc2cc(Nc3ccc(Cl)cn3)ncn2)c(OCC(F)(F)F)cc1F. The molecule has 11 nitrogen and oxygen atoms in total. The fourth-order valence-electron chi connectivity index (χ4n) is 2.68. The number of aromatic nitrogens is 3. The van der Waals surface area contributed by atoms with E-state index in [4.69, 9.17) is 11.6 Å². The van der Waals surface area contributed by atoms with E-state index in [1.54, 1.807) is 0 Å². The van der Waals surface area contributed by atoms with Gasteiger partial charge in [0.15, 0.2) is 6.61 Å². The minimum absolute atomic E-state index is 0.0823. The van der Waals surface area contributed by atoms with Crippen LogP contribution in [-0.4, -0.2) is 59.8 Å². The fourth-order valence-corrected chi connectivity index (χ4v) is 3.81. The standard InChI is InChI=1S/C20H14ClF7N6O5S/c1-34(39-18(35)20(26,27)28)40(36,37)14-5-12(13(4-11(14)22)38-8-19(23,24)25)32-16-6-17(31-9-30-16)33-15-3-2-10(21)7-29-15/h2-7,9H,8H2,1H3,(H2,29,30,31,32,33). The summed E-state index contributed by atoms with van der Waals surface area (Å²) in [6, 6.07) is 4.83. The first-order valence-electron chi connectivity index (χ1n) is 10.2. The van der Waals surface area contributed by atoms with E-state index < -0.39 is 61.6 Å². The third-order valence-electron chi connectivity index (χ3n) is 4.40. The summed E-state index contributed by atoms with van der Waals surface area (Å²) in [5, 5.41) is 5.52. The molecule has 0 unspecified atom stereocenters. The Morgan fingerprint density at radius 1 is 1.00 bits per heavy atom. The van der Waals surface area contributed by atoms with E-state index in [2.05, 4.69) is 35.2 Å². The van der Waals surface area contributed by atoms with Gasteiger partial charge in [-0.3, -0.25) is 0 Å². The van der Waals surface area contributed by atoms with Gasteiger partial charge in [0.25, 0.3) is 10.0 Å². The van der Waals surface area contributed by atoms with Gasteiger partial charge in [0.1, 0.15) is 40.2 Å². The normalized spacial score (nSPS) is 12.2. The zero-order valence-corrected chi connectivity index (χ0v) is 21.1. The number of benzene rings is 1. The maximum atomic E-state index is 14.7. The summed E-state index contributed by atoms with van der Waals surface area (Å²) < 4.78 is 120. The monoisotopic (exact) mass is 618 g/mol. The number of carbonyl (C=O) groups is 1. The smallest absolute Gasteiger partial charge is 0.482 e. The molecule has 216 valence electrons. The molecule has 0 saturated heterocycles. The lowest BCUT2D eigenvalue weighted by atomic mass is 10.2. The van der Waals surface area contributed by atoms with Crippen molar-refractivity contribution < 1.29 is 53.5 Å². The lowest BCUT2D eigenvalue weighted by Gasteiger charge is -2.20. The Balaban J connectivity index is 1.98. The van der Waals surface area contributed by atoms with Gasteiger partial charge in [-0.15, -0.1) is 0 Å². The number of anilines is 4. The minimum atomic E-state index is -5.59. The number of nitrogens with zero attached hydrogens (tertiary/aromatic N) is 4. The van der Waals surface area contributed by atoms with E-state index in [9.17, 15) is 43.9 Å². The molecule has 2 N–H and O–H groups in total. The Hall–Kier alpha value is -3.97. The van der Waals surface area contributed by atoms with Crippen LogP contribution in [0.3, 0.4) is 0 Å². The molecule has 2 aromatic heterocycles. The van der Waals surface area contributed by atoms with Crippen LogP contribution in [0, 0.1) is 5.82 Å². The van der Waals surface area contributed by atoms with Crippen LogP contribution in [0.25, 0.3) is 0 Å². The van der Waals surface area contributed by atoms with Crippen molar-refractivity contribution in [2.75, 3.05) is 24.3 Å². The van der Waals surface area contributed by atoms with Crippen LogP contribution in [-0.2, 0) is 19.7 Å². The highest BCUT2D eigenvalue weighted by Gasteiger charge is 2.44. The molecule has 0 spiro atoms. The first kappa shape index (κ1) is 30.6. The van der Waals surface area contributed by atoms with Gasteiger partial charge in [-0.25, -0.2) is 32.6 Å². The average Bonchev–Trinajstić information content (AvgIpc) is 2.84. The van der Waals surface area contributed by atoms with Crippen LogP contribution >= 0.6 is 11.6 Å². The van der Waals surface area contributed by atoms with Gasteiger partial charge in [-0.05, 0) is 22.7 Å². The van der Waals surface area contributed by atoms with Crippen LogP contribution in [0.15, 0.2) is 47.8 Å². The van der Waals surface area contributed by atoms with Crippen LogP contribution in [0.1, 0.15) is 0 Å². The van der Waals surface area contributed by atoms with E-state index in [0.717, 1.165) is 6.33 Å². The second kappa shape index (κ2) is 11.6. The number of rotatable bonds is 9. The fraction of sp³-hybridized carbons (Fsp3) is 0.200. The first-order valence-corrected chi connectivity index (χ1v) is 12.1. The molecule has 40 heavy (non-hydrogen) atoms. The number of hydrogen-bond donors (Lipinski definition) is 2. The largest absolute Gasteiger partial charge is 0.492 e. The molecule has 0 bridgehead atoms. The zero-order valence-electron chi connectivity index (χ0n) is 19.5. The molecule has 0 saturated carbocycles. The van der Waals surface area contributed by atoms with Gasteiger partial charge in [0.05, 0.1) is 10.7 Å². The Labute approximate surface area is 224 Å². The molecule has 0 aliphatic carbocycles. The van der Waals surface area contributed by atoms with Crippen LogP contribution in [0.5, 0.6) is 5.75 Å². The van der Waals surface area contributed by atoms with E-state index in [1.807, 2.05) is 0 Å². The molecule has 3 rings (SSSR count). The van der Waals surface area contributed by atoms with Crippen LogP contribution in [0.2, 0.25) is 5.02 Å². The van der Waals surface area contributed by atoms with Crippen LogP contribution < -0.4 is 15.4 Å². The second-order valence-corrected chi connectivity index (χ2v) is 9.71. The number of carbonyl (C=O) groups excluding carboxylic acids is 1. The number of halogens is 8. The summed E-state index contributed by atoms with van der Waals surface area (Å²) >= 11 is 5.76.